The van der Waals surface area contributed by atoms with Crippen LogP contribution >= 0.6 is 0 Å². The van der Waals surface area contributed by atoms with Gasteiger partial charge in [0.1, 0.15) is 0 Å². The normalized spacial score (nSPS) is 14.3. The van der Waals surface area contributed by atoms with Gasteiger partial charge < -0.3 is 4.74 Å². The highest BCUT2D eigenvalue weighted by atomic mass is 16.5. The number of hydrazine groups is 1. The Hall–Kier alpha value is -0.560. The number of ether oxygens (including phenoxy) is 1. The van der Waals surface area contributed by atoms with E-state index in [-0.39, 0.29) is 0 Å². The second-order valence-electron chi connectivity index (χ2n) is 3.63. The highest BCUT2D eigenvalue weighted by molar-refractivity contribution is 4.95. The summed E-state index contributed by atoms with van der Waals surface area (Å²) in [4.78, 5) is 0. The van der Waals surface area contributed by atoms with Crippen molar-refractivity contribution in [3.05, 3.63) is 0 Å². The van der Waals surface area contributed by atoms with Crippen LogP contribution in [0.5, 0.6) is 0 Å². The molecule has 0 radical (unpaired) electrons. The molecule has 0 amide bonds. The van der Waals surface area contributed by atoms with Crippen molar-refractivity contribution in [2.75, 3.05) is 13.7 Å². The third-order valence-corrected chi connectivity index (χ3v) is 2.17. The third kappa shape index (κ3) is 6.90. The van der Waals surface area contributed by atoms with Gasteiger partial charge in [0.2, 0.25) is 0 Å². The second kappa shape index (κ2) is 9.01. The van der Waals surface area contributed by atoms with Gasteiger partial charge in [-0.25, -0.2) is 0 Å². The van der Waals surface area contributed by atoms with E-state index in [1.54, 1.807) is 7.11 Å². The summed E-state index contributed by atoms with van der Waals surface area (Å²) < 4.78 is 5.08. The molecule has 0 bridgehead atoms. The molecule has 0 aliphatic heterocycles. The van der Waals surface area contributed by atoms with Crippen molar-refractivity contribution in [1.82, 2.24) is 5.43 Å². The smallest absolute Gasteiger partial charge is 0.0488 e. The Bertz CT molecular complexity index is 183. The number of hydrogen-bond donors (Lipinski definition) is 2. The Kier molecular flexibility index (Phi) is 8.65. The topological polar surface area (TPSA) is 47.3 Å². The first kappa shape index (κ1) is 13.4. The lowest BCUT2D eigenvalue weighted by atomic mass is 9.99. The van der Waals surface area contributed by atoms with Crippen LogP contribution in [0.1, 0.15) is 33.1 Å². The SMILES string of the molecule is CC#CCCC(CC(C)COC)NN. The van der Waals surface area contributed by atoms with E-state index in [9.17, 15) is 0 Å². The van der Waals surface area contributed by atoms with E-state index in [0.29, 0.717) is 12.0 Å². The average molecular weight is 198 g/mol. The van der Waals surface area contributed by atoms with Gasteiger partial charge >= 0.3 is 0 Å². The standard InChI is InChI=1S/C11H22N2O/c1-4-5-6-7-11(13-12)8-10(2)9-14-3/h10-11,13H,6-9,12H2,1-3H3. The second-order valence-corrected chi connectivity index (χ2v) is 3.63. The molecule has 2 unspecified atom stereocenters. The number of nitrogens with two attached hydrogens (primary N) is 1. The van der Waals surface area contributed by atoms with Crippen LogP contribution in [0, 0.1) is 17.8 Å². The molecule has 0 heterocycles. The first-order chi connectivity index (χ1) is 6.74. The third-order valence-electron chi connectivity index (χ3n) is 2.17. The van der Waals surface area contributed by atoms with Crippen LogP contribution in [0.15, 0.2) is 0 Å². The van der Waals surface area contributed by atoms with Crippen molar-refractivity contribution < 1.29 is 4.74 Å². The molecule has 2 atom stereocenters. The maximum atomic E-state index is 5.46. The molecule has 0 aliphatic rings. The Balaban J connectivity index is 3.69. The van der Waals surface area contributed by atoms with Crippen LogP contribution in [0.4, 0.5) is 0 Å². The monoisotopic (exact) mass is 198 g/mol. The Morgan fingerprint density at radius 2 is 2.21 bits per heavy atom. The maximum absolute atomic E-state index is 5.46. The molecule has 0 aromatic rings. The molecule has 0 aliphatic carbocycles. The molecule has 3 N–H and O–H groups in total. The van der Waals surface area contributed by atoms with Crippen molar-refractivity contribution in [2.24, 2.45) is 11.8 Å². The summed E-state index contributed by atoms with van der Waals surface area (Å²) in [6.45, 7) is 4.81. The minimum Gasteiger partial charge on any atom is -0.384 e. The quantitative estimate of drug-likeness (QED) is 0.368. The fourth-order valence-electron chi connectivity index (χ4n) is 1.48. The van der Waals surface area contributed by atoms with Crippen molar-refractivity contribution in [3.8, 4) is 11.8 Å². The largest absolute Gasteiger partial charge is 0.384 e. The van der Waals surface area contributed by atoms with E-state index in [2.05, 4.69) is 24.2 Å². The van der Waals surface area contributed by atoms with Gasteiger partial charge in [0, 0.05) is 26.2 Å². The van der Waals surface area contributed by atoms with Crippen LogP contribution in [0.2, 0.25) is 0 Å². The molecule has 3 nitrogen and oxygen atoms in total. The number of methoxy groups -OCH3 is 1. The maximum Gasteiger partial charge on any atom is 0.0488 e. The van der Waals surface area contributed by atoms with Gasteiger partial charge in [0.15, 0.2) is 0 Å². The molecule has 3 heteroatoms. The predicted molar refractivity (Wildman–Crippen MR) is 59.5 cm³/mol. The van der Waals surface area contributed by atoms with Gasteiger partial charge in [0.05, 0.1) is 0 Å². The molecule has 0 aromatic heterocycles. The molecule has 0 saturated heterocycles. The first-order valence-electron chi connectivity index (χ1n) is 5.09. The summed E-state index contributed by atoms with van der Waals surface area (Å²) in [6.07, 6.45) is 2.95. The zero-order valence-corrected chi connectivity index (χ0v) is 9.47. The van der Waals surface area contributed by atoms with Crippen molar-refractivity contribution >= 4 is 0 Å². The molecule has 0 saturated carbocycles. The molecule has 0 rings (SSSR count). The Morgan fingerprint density at radius 3 is 2.71 bits per heavy atom. The minimum absolute atomic E-state index is 0.348. The van der Waals surface area contributed by atoms with Gasteiger partial charge in [0.25, 0.3) is 0 Å². The molecular weight excluding hydrogens is 176 g/mol. The van der Waals surface area contributed by atoms with Gasteiger partial charge in [-0.1, -0.05) is 6.92 Å². The average Bonchev–Trinajstić information content (AvgIpc) is 2.17. The summed E-state index contributed by atoms with van der Waals surface area (Å²) in [6, 6.07) is 0.348. The zero-order valence-electron chi connectivity index (χ0n) is 9.47. The summed E-state index contributed by atoms with van der Waals surface area (Å²) in [5, 5.41) is 0. The van der Waals surface area contributed by atoms with Crippen LogP contribution in [-0.4, -0.2) is 19.8 Å². The molecule has 0 aromatic carbocycles. The van der Waals surface area contributed by atoms with Gasteiger partial charge in [-0.05, 0) is 25.7 Å². The van der Waals surface area contributed by atoms with Gasteiger partial charge in [-0.15, -0.1) is 11.8 Å². The first-order valence-corrected chi connectivity index (χ1v) is 5.09. The van der Waals surface area contributed by atoms with E-state index < -0.39 is 0 Å². The van der Waals surface area contributed by atoms with E-state index in [4.69, 9.17) is 10.6 Å². The zero-order chi connectivity index (χ0) is 10.8. The van der Waals surface area contributed by atoms with Crippen LogP contribution in [-0.2, 0) is 4.74 Å². The summed E-state index contributed by atoms with van der Waals surface area (Å²) in [5.74, 6) is 11.9. The lowest BCUT2D eigenvalue weighted by molar-refractivity contribution is 0.148. The van der Waals surface area contributed by atoms with Crippen molar-refractivity contribution in [3.63, 3.8) is 0 Å². The van der Waals surface area contributed by atoms with Crippen LogP contribution < -0.4 is 11.3 Å². The fraction of sp³-hybridized carbons (Fsp3) is 0.818. The van der Waals surface area contributed by atoms with E-state index in [0.717, 1.165) is 25.9 Å². The summed E-state index contributed by atoms with van der Waals surface area (Å²) in [5.41, 5.74) is 2.83. The lowest BCUT2D eigenvalue weighted by Gasteiger charge is -2.18. The predicted octanol–water partition coefficient (Wildman–Crippen LogP) is 1.29. The van der Waals surface area contributed by atoms with E-state index in [1.165, 1.54) is 0 Å². The molecular formula is C11H22N2O. The highest BCUT2D eigenvalue weighted by Gasteiger charge is 2.10. The Labute approximate surface area is 87.4 Å². The number of nitrogens with one attached hydrogen (secondary N) is 1. The minimum atomic E-state index is 0.348. The summed E-state index contributed by atoms with van der Waals surface area (Å²) >= 11 is 0. The highest BCUT2D eigenvalue weighted by Crippen LogP contribution is 2.09. The molecule has 0 fully saturated rings. The Morgan fingerprint density at radius 1 is 1.50 bits per heavy atom. The van der Waals surface area contributed by atoms with Crippen LogP contribution in [0.25, 0.3) is 0 Å². The fourth-order valence-corrected chi connectivity index (χ4v) is 1.48. The lowest BCUT2D eigenvalue weighted by Crippen LogP contribution is -2.36. The molecule has 14 heavy (non-hydrogen) atoms. The molecule has 82 valence electrons. The molecule has 0 spiro atoms. The van der Waals surface area contributed by atoms with Gasteiger partial charge in [-0.3, -0.25) is 11.3 Å². The van der Waals surface area contributed by atoms with Crippen molar-refractivity contribution in [1.29, 1.82) is 0 Å². The number of hydrogen-bond acceptors (Lipinski definition) is 3. The van der Waals surface area contributed by atoms with E-state index in [1.807, 2.05) is 6.92 Å². The van der Waals surface area contributed by atoms with Gasteiger partial charge in [-0.2, -0.15) is 0 Å². The van der Waals surface area contributed by atoms with E-state index >= 15 is 0 Å². The van der Waals surface area contributed by atoms with Crippen LogP contribution in [0.3, 0.4) is 0 Å². The van der Waals surface area contributed by atoms with Crippen molar-refractivity contribution in [2.45, 2.75) is 39.2 Å². The number of rotatable bonds is 7. The summed E-state index contributed by atoms with van der Waals surface area (Å²) in [7, 11) is 1.73.